The molecule has 2 aliphatic heterocycles. The van der Waals surface area contributed by atoms with Crippen LogP contribution in [0.4, 0.5) is 0 Å². The first-order valence-electron chi connectivity index (χ1n) is 16.3. The summed E-state index contributed by atoms with van der Waals surface area (Å²) < 4.78 is 36.1. The van der Waals surface area contributed by atoms with E-state index >= 15 is 0 Å². The third kappa shape index (κ3) is 6.24. The highest BCUT2D eigenvalue weighted by molar-refractivity contribution is 5.98. The molecule has 0 aromatic rings. The molecule has 2 N–H and O–H groups in total. The van der Waals surface area contributed by atoms with Crippen molar-refractivity contribution < 1.29 is 38.0 Å². The minimum absolute atomic E-state index is 0.0210. The minimum atomic E-state index is -0.573. The Morgan fingerprint density at radius 1 is 0.952 bits per heavy atom. The van der Waals surface area contributed by atoms with E-state index in [0.29, 0.717) is 11.8 Å². The Labute approximate surface area is 251 Å². The van der Waals surface area contributed by atoms with Gasteiger partial charge in [0.2, 0.25) is 0 Å². The Morgan fingerprint density at radius 3 is 2.36 bits per heavy atom. The number of hydrogen-bond donors (Lipinski definition) is 1. The first-order valence-corrected chi connectivity index (χ1v) is 16.3. The Morgan fingerprint density at radius 2 is 1.67 bits per heavy atom. The van der Waals surface area contributed by atoms with E-state index < -0.39 is 12.4 Å². The number of cyclic esters (lactones) is 1. The Balaban J connectivity index is 1.35. The maximum absolute atomic E-state index is 13.8. The van der Waals surface area contributed by atoms with Gasteiger partial charge in [0.25, 0.3) is 0 Å². The lowest BCUT2D eigenvalue weighted by atomic mass is 9.64. The van der Waals surface area contributed by atoms with Gasteiger partial charge in [0.15, 0.2) is 12.1 Å². The summed E-state index contributed by atoms with van der Waals surface area (Å²) in [5.41, 5.74) is 7.74. The van der Waals surface area contributed by atoms with Gasteiger partial charge in [0.1, 0.15) is 24.4 Å². The predicted molar refractivity (Wildman–Crippen MR) is 156 cm³/mol. The van der Waals surface area contributed by atoms with Gasteiger partial charge in [-0.05, 0) is 81.1 Å². The highest BCUT2D eigenvalue weighted by Crippen LogP contribution is 2.56. The summed E-state index contributed by atoms with van der Waals surface area (Å²) in [6.07, 6.45) is 7.68. The fraction of sp³-hybridized carbons (Fsp3) is 0.879. The molecule has 14 atom stereocenters. The SMILES string of the molecule is CC[C@H]1CCCC[C@@H](C)C(=O)C2=CC3[C@@H]4C[C@H](OC5OC(C)C(OC)C(OC)C5OC)CC4CC(N)[C@H]3[C@@H]2CC(=O)O1. The Kier molecular flexibility index (Phi) is 10.5. The van der Waals surface area contributed by atoms with E-state index in [9.17, 15) is 9.59 Å². The maximum Gasteiger partial charge on any atom is 0.306 e. The molecule has 2 heterocycles. The molecule has 4 fully saturated rings. The van der Waals surface area contributed by atoms with E-state index in [1.54, 1.807) is 21.3 Å². The molecule has 5 aliphatic rings. The summed E-state index contributed by atoms with van der Waals surface area (Å²) in [4.78, 5) is 27.0. The van der Waals surface area contributed by atoms with Crippen molar-refractivity contribution >= 4 is 11.8 Å². The van der Waals surface area contributed by atoms with Crippen LogP contribution < -0.4 is 5.73 Å². The van der Waals surface area contributed by atoms with Gasteiger partial charge >= 0.3 is 5.97 Å². The molecule has 0 amide bonds. The van der Waals surface area contributed by atoms with Crippen molar-refractivity contribution in [1.29, 1.82) is 0 Å². The fourth-order valence-corrected chi connectivity index (χ4v) is 9.00. The molecule has 0 spiro atoms. The first kappa shape index (κ1) is 32.0. The van der Waals surface area contributed by atoms with Crippen LogP contribution in [0, 0.1) is 35.5 Å². The number of allylic oxidation sites excluding steroid dienone is 2. The van der Waals surface area contributed by atoms with Gasteiger partial charge in [-0.2, -0.15) is 0 Å². The van der Waals surface area contributed by atoms with Crippen molar-refractivity contribution in [2.24, 2.45) is 41.2 Å². The van der Waals surface area contributed by atoms with Crippen LogP contribution in [-0.4, -0.2) is 82.0 Å². The monoisotopic (exact) mass is 591 g/mol. The molecule has 238 valence electrons. The van der Waals surface area contributed by atoms with Gasteiger partial charge in [-0.15, -0.1) is 0 Å². The number of methoxy groups -OCH3 is 3. The average Bonchev–Trinajstić information content (AvgIpc) is 3.54. The molecular formula is C33H53NO8. The second-order valence-electron chi connectivity index (χ2n) is 13.5. The number of hydrogen-bond acceptors (Lipinski definition) is 9. The number of nitrogens with two attached hydrogens (primary N) is 1. The molecular weight excluding hydrogens is 538 g/mol. The Bertz CT molecular complexity index is 987. The number of rotatable bonds is 6. The standard InChI is InChI=1S/C33H53NO8/c1-7-20-11-9-8-10-17(2)29(36)25-15-23-22-14-21(12-19(22)13-26(34)28(23)24(25)16-27(35)41-20)42-33-32(39-6)31(38-5)30(37-4)18(3)40-33/h15,17-24,26,28,30-33H,7-14,16,34H2,1-6H3/t17-,18?,19?,20+,21-,22-,23?,24-,26?,28-,30?,31?,32?,33?/m1/s1. The van der Waals surface area contributed by atoms with Crippen LogP contribution in [0.15, 0.2) is 11.6 Å². The van der Waals surface area contributed by atoms with Gasteiger partial charge in [-0.3, -0.25) is 9.59 Å². The predicted octanol–water partition coefficient (Wildman–Crippen LogP) is 4.20. The van der Waals surface area contributed by atoms with E-state index in [2.05, 4.69) is 13.0 Å². The highest BCUT2D eigenvalue weighted by atomic mass is 16.7. The zero-order chi connectivity index (χ0) is 30.1. The molecule has 0 aromatic heterocycles. The second-order valence-corrected chi connectivity index (χ2v) is 13.5. The van der Waals surface area contributed by atoms with Gasteiger partial charge < -0.3 is 34.2 Å². The molecule has 0 bridgehead atoms. The number of ketones is 1. The summed E-state index contributed by atoms with van der Waals surface area (Å²) in [6, 6.07) is -0.0856. The number of ether oxygens (including phenoxy) is 6. The molecule has 42 heavy (non-hydrogen) atoms. The minimum Gasteiger partial charge on any atom is -0.462 e. The third-order valence-electron chi connectivity index (χ3n) is 11.1. The van der Waals surface area contributed by atoms with E-state index in [1.807, 2.05) is 13.8 Å². The summed E-state index contributed by atoms with van der Waals surface area (Å²) in [5.74, 6) is 0.696. The van der Waals surface area contributed by atoms with Crippen LogP contribution in [0.3, 0.4) is 0 Å². The van der Waals surface area contributed by atoms with Gasteiger partial charge in [0.05, 0.1) is 18.6 Å². The Hall–Kier alpha value is -1.36. The van der Waals surface area contributed by atoms with Crippen molar-refractivity contribution in [2.45, 2.75) is 128 Å². The zero-order valence-electron chi connectivity index (χ0n) is 26.4. The van der Waals surface area contributed by atoms with Crippen LogP contribution >= 0.6 is 0 Å². The number of Topliss-reactive ketones (excluding diaryl/α,β-unsaturated/α-hetero) is 1. The van der Waals surface area contributed by atoms with Crippen molar-refractivity contribution in [3.05, 3.63) is 11.6 Å². The second kappa shape index (κ2) is 13.7. The maximum atomic E-state index is 13.8. The van der Waals surface area contributed by atoms with Gasteiger partial charge in [-0.25, -0.2) is 0 Å². The smallest absolute Gasteiger partial charge is 0.306 e. The molecule has 3 aliphatic carbocycles. The molecule has 0 aromatic carbocycles. The lowest BCUT2D eigenvalue weighted by Gasteiger charge is -2.44. The quantitative estimate of drug-likeness (QED) is 0.454. The van der Waals surface area contributed by atoms with Crippen molar-refractivity contribution in [3.63, 3.8) is 0 Å². The van der Waals surface area contributed by atoms with E-state index in [4.69, 9.17) is 34.2 Å². The number of fused-ring (bicyclic) bond motifs is 5. The van der Waals surface area contributed by atoms with Crippen molar-refractivity contribution in [1.82, 2.24) is 0 Å². The number of carbonyl (C=O) groups excluding carboxylic acids is 2. The third-order valence-corrected chi connectivity index (χ3v) is 11.1. The summed E-state index contributed by atoms with van der Waals surface area (Å²) in [5, 5.41) is 0. The summed E-state index contributed by atoms with van der Waals surface area (Å²) in [7, 11) is 4.97. The lowest BCUT2D eigenvalue weighted by Crippen LogP contribution is -2.59. The number of esters is 1. The first-order chi connectivity index (χ1) is 20.2. The fourth-order valence-electron chi connectivity index (χ4n) is 9.00. The lowest BCUT2D eigenvalue weighted by molar-refractivity contribution is -0.314. The van der Waals surface area contributed by atoms with Crippen LogP contribution in [-0.2, 0) is 38.0 Å². The van der Waals surface area contributed by atoms with Crippen LogP contribution in [0.1, 0.15) is 78.6 Å². The number of carbonyl (C=O) groups is 2. The van der Waals surface area contributed by atoms with Gasteiger partial charge in [0, 0.05) is 39.2 Å². The van der Waals surface area contributed by atoms with E-state index in [1.165, 1.54) is 0 Å². The van der Waals surface area contributed by atoms with Crippen LogP contribution in [0.2, 0.25) is 0 Å². The van der Waals surface area contributed by atoms with Crippen molar-refractivity contribution in [3.8, 4) is 0 Å². The molecule has 2 saturated heterocycles. The normalized spacial score (nSPS) is 46.5. The molecule has 0 radical (unpaired) electrons. The highest BCUT2D eigenvalue weighted by Gasteiger charge is 2.55. The average molecular weight is 592 g/mol. The van der Waals surface area contributed by atoms with E-state index in [0.717, 1.165) is 56.9 Å². The molecule has 2 saturated carbocycles. The molecule has 5 rings (SSSR count). The van der Waals surface area contributed by atoms with E-state index in [-0.39, 0.29) is 78.4 Å². The molecule has 9 heteroatoms. The molecule has 8 unspecified atom stereocenters. The van der Waals surface area contributed by atoms with Gasteiger partial charge in [-0.1, -0.05) is 26.3 Å². The van der Waals surface area contributed by atoms with Crippen LogP contribution in [0.25, 0.3) is 0 Å². The largest absolute Gasteiger partial charge is 0.462 e. The zero-order valence-corrected chi connectivity index (χ0v) is 26.4. The summed E-state index contributed by atoms with van der Waals surface area (Å²) in [6.45, 7) is 6.09. The molecule has 9 nitrogen and oxygen atoms in total. The van der Waals surface area contributed by atoms with Crippen molar-refractivity contribution in [2.75, 3.05) is 21.3 Å². The summed E-state index contributed by atoms with van der Waals surface area (Å²) >= 11 is 0. The van der Waals surface area contributed by atoms with Crippen LogP contribution in [0.5, 0.6) is 0 Å². The topological polar surface area (TPSA) is 116 Å².